The number of carbonyl (C=O) groups excluding carboxylic acids is 1. The largest absolute Gasteiger partial charge is 0.491 e. The molecule has 2 aromatic carbocycles. The van der Waals surface area contributed by atoms with E-state index in [9.17, 15) is 4.79 Å². The Kier molecular flexibility index (Phi) is 7.30. The summed E-state index contributed by atoms with van der Waals surface area (Å²) >= 11 is 1.40. The van der Waals surface area contributed by atoms with Gasteiger partial charge in [0.25, 0.3) is 0 Å². The monoisotopic (exact) mass is 410 g/mol. The Bertz CT molecular complexity index is 924. The standard InChI is InChI=1S/C22H26N4O2S/c1-16(2)28-20-11-9-18(10-12-20)13-23-21(27)15-29-22-25-24-17(3)26(22)14-19-7-5-4-6-8-19/h4-12,16H,13-15H2,1-3H3,(H,23,27). The third kappa shape index (κ3) is 6.35. The van der Waals surface area contributed by atoms with Crippen molar-refractivity contribution in [1.82, 2.24) is 20.1 Å². The second kappa shape index (κ2) is 10.1. The minimum atomic E-state index is -0.0376. The fourth-order valence-electron chi connectivity index (χ4n) is 2.76. The number of nitrogens with zero attached hydrogens (tertiary/aromatic N) is 3. The van der Waals surface area contributed by atoms with E-state index in [1.54, 1.807) is 0 Å². The predicted molar refractivity (Wildman–Crippen MR) is 115 cm³/mol. The van der Waals surface area contributed by atoms with Gasteiger partial charge in [-0.05, 0) is 44.0 Å². The molecule has 3 aromatic rings. The third-order valence-corrected chi connectivity index (χ3v) is 5.17. The second-order valence-corrected chi connectivity index (χ2v) is 7.92. The minimum absolute atomic E-state index is 0.0376. The molecule has 0 saturated heterocycles. The molecule has 0 spiro atoms. The fourth-order valence-corrected chi connectivity index (χ4v) is 3.57. The number of hydrogen-bond acceptors (Lipinski definition) is 5. The maximum Gasteiger partial charge on any atom is 0.230 e. The van der Waals surface area contributed by atoms with Crippen LogP contribution in [-0.2, 0) is 17.9 Å². The van der Waals surface area contributed by atoms with Crippen LogP contribution in [0.2, 0.25) is 0 Å². The third-order valence-electron chi connectivity index (χ3n) is 4.20. The lowest BCUT2D eigenvalue weighted by Gasteiger charge is -2.11. The summed E-state index contributed by atoms with van der Waals surface area (Å²) in [5.41, 5.74) is 2.20. The van der Waals surface area contributed by atoms with Gasteiger partial charge in [-0.25, -0.2) is 0 Å². The molecule has 1 N–H and O–H groups in total. The van der Waals surface area contributed by atoms with Crippen molar-refractivity contribution in [2.24, 2.45) is 0 Å². The molecule has 0 atom stereocenters. The van der Waals surface area contributed by atoms with E-state index >= 15 is 0 Å². The first-order valence-corrected chi connectivity index (χ1v) is 10.6. The number of nitrogens with one attached hydrogen (secondary N) is 1. The van der Waals surface area contributed by atoms with Gasteiger partial charge in [-0.2, -0.15) is 0 Å². The molecule has 0 unspecified atom stereocenters. The van der Waals surface area contributed by atoms with Crippen molar-refractivity contribution in [3.05, 3.63) is 71.5 Å². The van der Waals surface area contributed by atoms with E-state index in [0.29, 0.717) is 18.8 Å². The lowest BCUT2D eigenvalue weighted by molar-refractivity contribution is -0.118. The topological polar surface area (TPSA) is 69.0 Å². The van der Waals surface area contributed by atoms with Gasteiger partial charge < -0.3 is 14.6 Å². The quantitative estimate of drug-likeness (QED) is 0.543. The zero-order valence-electron chi connectivity index (χ0n) is 17.0. The Morgan fingerprint density at radius 2 is 1.79 bits per heavy atom. The zero-order chi connectivity index (χ0) is 20.6. The summed E-state index contributed by atoms with van der Waals surface area (Å²) in [4.78, 5) is 12.3. The number of thioether (sulfide) groups is 1. The molecular formula is C22H26N4O2S. The van der Waals surface area contributed by atoms with Crippen LogP contribution in [0.5, 0.6) is 5.75 Å². The number of aryl methyl sites for hydroxylation is 1. The summed E-state index contributed by atoms with van der Waals surface area (Å²) in [5.74, 6) is 1.92. The molecule has 1 amide bonds. The van der Waals surface area contributed by atoms with Crippen molar-refractivity contribution < 1.29 is 9.53 Å². The van der Waals surface area contributed by atoms with E-state index in [2.05, 4.69) is 27.6 Å². The van der Waals surface area contributed by atoms with Crippen molar-refractivity contribution in [2.75, 3.05) is 5.75 Å². The highest BCUT2D eigenvalue weighted by Gasteiger charge is 2.12. The molecule has 29 heavy (non-hydrogen) atoms. The molecule has 152 valence electrons. The van der Waals surface area contributed by atoms with Crippen molar-refractivity contribution in [3.8, 4) is 5.75 Å². The number of hydrogen-bond donors (Lipinski definition) is 1. The van der Waals surface area contributed by atoms with Crippen molar-refractivity contribution >= 4 is 17.7 Å². The van der Waals surface area contributed by atoms with Gasteiger partial charge in [0.15, 0.2) is 5.16 Å². The van der Waals surface area contributed by atoms with Crippen LogP contribution >= 0.6 is 11.8 Å². The summed E-state index contributed by atoms with van der Waals surface area (Å²) in [7, 11) is 0. The van der Waals surface area contributed by atoms with Crippen LogP contribution in [0.1, 0.15) is 30.8 Å². The highest BCUT2D eigenvalue weighted by Crippen LogP contribution is 2.18. The highest BCUT2D eigenvalue weighted by atomic mass is 32.2. The molecule has 7 heteroatoms. The van der Waals surface area contributed by atoms with E-state index in [0.717, 1.165) is 22.3 Å². The SMILES string of the molecule is Cc1nnc(SCC(=O)NCc2ccc(OC(C)C)cc2)n1Cc1ccccc1. The smallest absolute Gasteiger partial charge is 0.230 e. The highest BCUT2D eigenvalue weighted by molar-refractivity contribution is 7.99. The normalized spacial score (nSPS) is 10.9. The number of aromatic nitrogens is 3. The molecule has 0 saturated carbocycles. The number of rotatable bonds is 9. The van der Waals surface area contributed by atoms with Crippen molar-refractivity contribution in [1.29, 1.82) is 0 Å². The van der Waals surface area contributed by atoms with Crippen molar-refractivity contribution in [3.63, 3.8) is 0 Å². The average Bonchev–Trinajstić information content (AvgIpc) is 3.06. The average molecular weight is 411 g/mol. The van der Waals surface area contributed by atoms with Gasteiger partial charge in [-0.3, -0.25) is 4.79 Å². The lowest BCUT2D eigenvalue weighted by atomic mass is 10.2. The summed E-state index contributed by atoms with van der Waals surface area (Å²) < 4.78 is 7.66. The Balaban J connectivity index is 1.50. The predicted octanol–water partition coefficient (Wildman–Crippen LogP) is 3.83. The van der Waals surface area contributed by atoms with Crippen LogP contribution in [0.4, 0.5) is 0 Å². The number of amides is 1. The molecule has 0 radical (unpaired) electrons. The number of carbonyl (C=O) groups is 1. The second-order valence-electron chi connectivity index (χ2n) is 6.98. The van der Waals surface area contributed by atoms with E-state index < -0.39 is 0 Å². The Labute approximate surface area is 175 Å². The van der Waals surface area contributed by atoms with Gasteiger partial charge in [-0.15, -0.1) is 10.2 Å². The lowest BCUT2D eigenvalue weighted by Crippen LogP contribution is -2.24. The zero-order valence-corrected chi connectivity index (χ0v) is 17.8. The molecule has 6 nitrogen and oxygen atoms in total. The van der Waals surface area contributed by atoms with Gasteiger partial charge >= 0.3 is 0 Å². The van der Waals surface area contributed by atoms with Gasteiger partial charge in [0.2, 0.25) is 5.91 Å². The molecule has 0 aliphatic heterocycles. The van der Waals surface area contributed by atoms with Crippen LogP contribution in [0, 0.1) is 6.92 Å². The van der Waals surface area contributed by atoms with E-state index in [1.165, 1.54) is 17.3 Å². The van der Waals surface area contributed by atoms with Crippen LogP contribution < -0.4 is 10.1 Å². The maximum absolute atomic E-state index is 12.3. The van der Waals surface area contributed by atoms with Gasteiger partial charge in [0.05, 0.1) is 18.4 Å². The van der Waals surface area contributed by atoms with Gasteiger partial charge in [0.1, 0.15) is 11.6 Å². The molecule has 0 aliphatic rings. The Morgan fingerprint density at radius 1 is 1.07 bits per heavy atom. The summed E-state index contributed by atoms with van der Waals surface area (Å²) in [6.07, 6.45) is 0.144. The Morgan fingerprint density at radius 3 is 2.48 bits per heavy atom. The minimum Gasteiger partial charge on any atom is -0.491 e. The molecule has 0 aliphatic carbocycles. The van der Waals surface area contributed by atoms with Gasteiger partial charge in [0, 0.05) is 6.54 Å². The van der Waals surface area contributed by atoms with Crippen LogP contribution in [-0.4, -0.2) is 32.5 Å². The summed E-state index contributed by atoms with van der Waals surface area (Å²) in [6, 6.07) is 17.9. The molecule has 0 fully saturated rings. The molecular weight excluding hydrogens is 384 g/mol. The first-order valence-electron chi connectivity index (χ1n) is 9.60. The van der Waals surface area contributed by atoms with E-state index in [-0.39, 0.29) is 12.0 Å². The first-order chi connectivity index (χ1) is 14.0. The van der Waals surface area contributed by atoms with E-state index in [4.69, 9.17) is 4.74 Å². The number of benzene rings is 2. The number of ether oxygens (including phenoxy) is 1. The molecule has 0 bridgehead atoms. The maximum atomic E-state index is 12.3. The van der Waals surface area contributed by atoms with E-state index in [1.807, 2.05) is 67.8 Å². The van der Waals surface area contributed by atoms with Crippen LogP contribution in [0.3, 0.4) is 0 Å². The molecule has 1 heterocycles. The molecule has 3 rings (SSSR count). The summed E-state index contributed by atoms with van der Waals surface area (Å²) in [6.45, 7) is 7.08. The van der Waals surface area contributed by atoms with Crippen LogP contribution in [0.25, 0.3) is 0 Å². The van der Waals surface area contributed by atoms with Crippen LogP contribution in [0.15, 0.2) is 59.8 Å². The first kappa shape index (κ1) is 20.9. The fraction of sp³-hybridized carbons (Fsp3) is 0.318. The Hall–Kier alpha value is -2.80. The summed E-state index contributed by atoms with van der Waals surface area (Å²) in [5, 5.41) is 12.1. The van der Waals surface area contributed by atoms with Gasteiger partial charge in [-0.1, -0.05) is 54.2 Å². The molecule has 1 aromatic heterocycles. The van der Waals surface area contributed by atoms with Crippen molar-refractivity contribution in [2.45, 2.75) is 45.1 Å².